The van der Waals surface area contributed by atoms with Crippen LogP contribution in [0.2, 0.25) is 0 Å². The highest BCUT2D eigenvalue weighted by atomic mass is 19.1. The van der Waals surface area contributed by atoms with Crippen LogP contribution < -0.4 is 5.32 Å². The minimum atomic E-state index is -0.384. The van der Waals surface area contributed by atoms with E-state index in [1.54, 1.807) is 10.9 Å². The number of alkyl halides is 1. The first kappa shape index (κ1) is 13.7. The molecule has 0 saturated carbocycles. The van der Waals surface area contributed by atoms with Crippen LogP contribution in [0.15, 0.2) is 24.8 Å². The summed E-state index contributed by atoms with van der Waals surface area (Å²) in [4.78, 5) is 0. The van der Waals surface area contributed by atoms with E-state index in [4.69, 9.17) is 0 Å². The lowest BCUT2D eigenvalue weighted by Gasteiger charge is -2.00. The number of nitrogens with one attached hydrogen (secondary N) is 1. The molecule has 0 fully saturated rings. The minimum Gasteiger partial charge on any atom is -0.308 e. The molecule has 1 N–H and O–H groups in total. The second-order valence-corrected chi connectivity index (χ2v) is 4.52. The normalized spacial score (nSPS) is 11.1. The zero-order valence-corrected chi connectivity index (χ0v) is 11.2. The molecule has 0 amide bonds. The van der Waals surface area contributed by atoms with Gasteiger partial charge in [-0.1, -0.05) is 6.92 Å². The van der Waals surface area contributed by atoms with Crippen LogP contribution in [0.1, 0.15) is 24.5 Å². The number of rotatable bonds is 8. The van der Waals surface area contributed by atoms with E-state index in [0.29, 0.717) is 6.54 Å². The van der Waals surface area contributed by atoms with Crippen LogP contribution in [0.4, 0.5) is 4.39 Å². The second-order valence-electron chi connectivity index (χ2n) is 4.52. The van der Waals surface area contributed by atoms with Crippen molar-refractivity contribution >= 4 is 0 Å². The first-order chi connectivity index (χ1) is 9.31. The molecule has 0 saturated heterocycles. The largest absolute Gasteiger partial charge is 0.308 e. The van der Waals surface area contributed by atoms with Gasteiger partial charge in [-0.2, -0.15) is 10.2 Å². The van der Waals surface area contributed by atoms with E-state index in [1.807, 2.05) is 17.1 Å². The summed E-state index contributed by atoms with van der Waals surface area (Å²) in [5.74, 6) is 0. The fraction of sp³-hybridized carbons (Fsp3) is 0.538. The zero-order chi connectivity index (χ0) is 13.5. The lowest BCUT2D eigenvalue weighted by Crippen LogP contribution is -2.11. The standard InChI is InChI=1S/C13H20FN5/c1-2-4-18-10-12(8-16-18)6-15-7-13-9-17-19(11-13)5-3-14/h8-11,15H,2-7H2,1H3. The van der Waals surface area contributed by atoms with E-state index in [2.05, 4.69) is 28.6 Å². The van der Waals surface area contributed by atoms with Crippen LogP contribution in [-0.2, 0) is 26.2 Å². The summed E-state index contributed by atoms with van der Waals surface area (Å²) in [5, 5.41) is 11.7. The molecule has 19 heavy (non-hydrogen) atoms. The highest BCUT2D eigenvalue weighted by Gasteiger charge is 2.00. The molecule has 2 heterocycles. The first-order valence-corrected chi connectivity index (χ1v) is 6.61. The van der Waals surface area contributed by atoms with Crippen molar-refractivity contribution in [1.29, 1.82) is 0 Å². The number of hydrogen-bond acceptors (Lipinski definition) is 3. The molecule has 0 aliphatic rings. The SMILES string of the molecule is CCCn1cc(CNCc2cnn(CCF)c2)cn1. The van der Waals surface area contributed by atoms with Gasteiger partial charge in [0.15, 0.2) is 0 Å². The summed E-state index contributed by atoms with van der Waals surface area (Å²) in [5.41, 5.74) is 2.24. The number of halogens is 1. The third kappa shape index (κ3) is 4.17. The zero-order valence-electron chi connectivity index (χ0n) is 11.2. The average molecular weight is 265 g/mol. The fourth-order valence-corrected chi connectivity index (χ4v) is 1.91. The molecule has 2 aromatic rings. The fourth-order valence-electron chi connectivity index (χ4n) is 1.91. The molecule has 5 nitrogen and oxygen atoms in total. The molecule has 2 rings (SSSR count). The molecule has 0 aliphatic heterocycles. The van der Waals surface area contributed by atoms with Crippen molar-refractivity contribution in [2.75, 3.05) is 6.67 Å². The maximum absolute atomic E-state index is 12.1. The maximum Gasteiger partial charge on any atom is 0.109 e. The van der Waals surface area contributed by atoms with Crippen molar-refractivity contribution in [2.24, 2.45) is 0 Å². The summed E-state index contributed by atoms with van der Waals surface area (Å²) in [6, 6.07) is 0. The third-order valence-corrected chi connectivity index (χ3v) is 2.80. The van der Waals surface area contributed by atoms with Crippen LogP contribution in [0, 0.1) is 0 Å². The molecule has 0 aromatic carbocycles. The lowest BCUT2D eigenvalue weighted by atomic mass is 10.3. The lowest BCUT2D eigenvalue weighted by molar-refractivity contribution is 0.427. The van der Waals surface area contributed by atoms with Gasteiger partial charge in [0.1, 0.15) is 6.67 Å². The highest BCUT2D eigenvalue weighted by molar-refractivity contribution is 5.06. The summed E-state index contributed by atoms with van der Waals surface area (Å²) in [6.07, 6.45) is 8.66. The van der Waals surface area contributed by atoms with E-state index in [1.165, 1.54) is 5.56 Å². The van der Waals surface area contributed by atoms with Crippen molar-refractivity contribution in [3.05, 3.63) is 35.9 Å². The average Bonchev–Trinajstić information content (AvgIpc) is 3.01. The molecule has 0 aliphatic carbocycles. The Labute approximate surface area is 112 Å². The van der Waals surface area contributed by atoms with Crippen LogP contribution in [0.3, 0.4) is 0 Å². The first-order valence-electron chi connectivity index (χ1n) is 6.61. The maximum atomic E-state index is 12.1. The number of hydrogen-bond donors (Lipinski definition) is 1. The van der Waals surface area contributed by atoms with Crippen molar-refractivity contribution in [2.45, 2.75) is 39.5 Å². The molecule has 104 valence electrons. The summed E-state index contributed by atoms with van der Waals surface area (Å²) in [6.45, 7) is 4.53. The Morgan fingerprint density at radius 2 is 1.63 bits per heavy atom. The molecular formula is C13H20FN5. The van der Waals surface area contributed by atoms with E-state index in [9.17, 15) is 4.39 Å². The number of aryl methyl sites for hydroxylation is 2. The van der Waals surface area contributed by atoms with Gasteiger partial charge in [-0.3, -0.25) is 9.36 Å². The van der Waals surface area contributed by atoms with E-state index in [-0.39, 0.29) is 6.67 Å². The van der Waals surface area contributed by atoms with Crippen LogP contribution in [0.25, 0.3) is 0 Å². The van der Waals surface area contributed by atoms with Gasteiger partial charge in [0.2, 0.25) is 0 Å². The Balaban J connectivity index is 1.75. The molecule has 6 heteroatoms. The molecule has 0 bridgehead atoms. The van der Waals surface area contributed by atoms with Gasteiger partial charge in [0.05, 0.1) is 18.9 Å². The molecule has 0 atom stereocenters. The van der Waals surface area contributed by atoms with Crippen molar-refractivity contribution in [1.82, 2.24) is 24.9 Å². The van der Waals surface area contributed by atoms with Gasteiger partial charge >= 0.3 is 0 Å². The second kappa shape index (κ2) is 7.04. The summed E-state index contributed by atoms with van der Waals surface area (Å²) < 4.78 is 15.7. The van der Waals surface area contributed by atoms with E-state index < -0.39 is 0 Å². The molecule has 0 unspecified atom stereocenters. The Morgan fingerprint density at radius 3 is 2.16 bits per heavy atom. The van der Waals surface area contributed by atoms with Crippen molar-refractivity contribution in [3.63, 3.8) is 0 Å². The Hall–Kier alpha value is -1.69. The Morgan fingerprint density at radius 1 is 1.05 bits per heavy atom. The number of nitrogens with zero attached hydrogens (tertiary/aromatic N) is 4. The monoisotopic (exact) mass is 265 g/mol. The minimum absolute atomic E-state index is 0.323. The topological polar surface area (TPSA) is 47.7 Å². The van der Waals surface area contributed by atoms with Gasteiger partial charge in [-0.05, 0) is 6.42 Å². The molecular weight excluding hydrogens is 245 g/mol. The van der Waals surface area contributed by atoms with Crippen LogP contribution >= 0.6 is 0 Å². The Kier molecular flexibility index (Phi) is 5.09. The van der Waals surface area contributed by atoms with Gasteiger partial charge in [0, 0.05) is 43.2 Å². The summed E-state index contributed by atoms with van der Waals surface area (Å²) >= 11 is 0. The third-order valence-electron chi connectivity index (χ3n) is 2.80. The predicted molar refractivity (Wildman–Crippen MR) is 71.3 cm³/mol. The van der Waals surface area contributed by atoms with E-state index in [0.717, 1.165) is 31.6 Å². The Bertz CT molecular complexity index is 446. The van der Waals surface area contributed by atoms with Crippen molar-refractivity contribution in [3.8, 4) is 0 Å². The van der Waals surface area contributed by atoms with Gasteiger partial charge < -0.3 is 5.32 Å². The van der Waals surface area contributed by atoms with Crippen LogP contribution in [-0.4, -0.2) is 26.2 Å². The van der Waals surface area contributed by atoms with Crippen molar-refractivity contribution < 1.29 is 4.39 Å². The van der Waals surface area contributed by atoms with Crippen LogP contribution in [0.5, 0.6) is 0 Å². The predicted octanol–water partition coefficient (Wildman–Crippen LogP) is 1.75. The highest BCUT2D eigenvalue weighted by Crippen LogP contribution is 2.01. The number of aromatic nitrogens is 4. The summed E-state index contributed by atoms with van der Waals surface area (Å²) in [7, 11) is 0. The van der Waals surface area contributed by atoms with Gasteiger partial charge in [-0.25, -0.2) is 4.39 Å². The van der Waals surface area contributed by atoms with Gasteiger partial charge in [0.25, 0.3) is 0 Å². The molecule has 2 aromatic heterocycles. The van der Waals surface area contributed by atoms with E-state index >= 15 is 0 Å². The smallest absolute Gasteiger partial charge is 0.109 e. The quantitative estimate of drug-likeness (QED) is 0.791. The van der Waals surface area contributed by atoms with Gasteiger partial charge in [-0.15, -0.1) is 0 Å². The molecule has 0 radical (unpaired) electrons. The molecule has 0 spiro atoms.